The van der Waals surface area contributed by atoms with Gasteiger partial charge in [0.1, 0.15) is 5.82 Å². The summed E-state index contributed by atoms with van der Waals surface area (Å²) >= 11 is 0. The number of fused-ring (bicyclic) bond motifs is 2. The summed E-state index contributed by atoms with van der Waals surface area (Å²) < 4.78 is 14.3. The van der Waals surface area contributed by atoms with Crippen LogP contribution in [0.15, 0.2) is 78.9 Å². The quantitative estimate of drug-likeness (QED) is 0.333. The Bertz CT molecular complexity index is 1400. The molecule has 35 heavy (non-hydrogen) atoms. The van der Waals surface area contributed by atoms with Crippen molar-refractivity contribution in [1.82, 2.24) is 5.32 Å². The van der Waals surface area contributed by atoms with Gasteiger partial charge in [-0.25, -0.2) is 9.18 Å². The fourth-order valence-corrected chi connectivity index (χ4v) is 5.18. The summed E-state index contributed by atoms with van der Waals surface area (Å²) in [6, 6.07) is 25.1. The van der Waals surface area contributed by atoms with Crippen LogP contribution in [0.5, 0.6) is 0 Å². The van der Waals surface area contributed by atoms with Crippen molar-refractivity contribution in [3.63, 3.8) is 0 Å². The second-order valence-corrected chi connectivity index (χ2v) is 9.43. The SMILES string of the molecule is Cc1ccc(N2CC(CNC(C)c3ccc(F)c4ccccc34)Cc3ccccc32)cc1C(=O)O. The Kier molecular flexibility index (Phi) is 6.27. The molecule has 0 bridgehead atoms. The molecule has 4 nitrogen and oxygen atoms in total. The number of aryl methyl sites for hydroxylation is 1. The number of carboxylic acids is 1. The van der Waals surface area contributed by atoms with Crippen molar-refractivity contribution in [2.45, 2.75) is 26.3 Å². The second-order valence-electron chi connectivity index (χ2n) is 9.43. The average molecular weight is 469 g/mol. The summed E-state index contributed by atoms with van der Waals surface area (Å²) in [7, 11) is 0. The molecule has 0 aliphatic carbocycles. The largest absolute Gasteiger partial charge is 0.478 e. The maximum absolute atomic E-state index is 14.3. The highest BCUT2D eigenvalue weighted by atomic mass is 19.1. The molecule has 1 heterocycles. The number of aromatic carboxylic acids is 1. The minimum atomic E-state index is -0.909. The van der Waals surface area contributed by atoms with Crippen molar-refractivity contribution in [3.05, 3.63) is 107 Å². The van der Waals surface area contributed by atoms with E-state index in [2.05, 4.69) is 35.3 Å². The smallest absolute Gasteiger partial charge is 0.336 e. The summed E-state index contributed by atoms with van der Waals surface area (Å²) in [6.07, 6.45) is 0.939. The maximum Gasteiger partial charge on any atom is 0.336 e. The van der Waals surface area contributed by atoms with Crippen LogP contribution in [-0.4, -0.2) is 24.2 Å². The van der Waals surface area contributed by atoms with Gasteiger partial charge >= 0.3 is 5.97 Å². The van der Waals surface area contributed by atoms with Gasteiger partial charge in [-0.1, -0.05) is 54.6 Å². The maximum atomic E-state index is 14.3. The van der Waals surface area contributed by atoms with E-state index in [0.717, 1.165) is 47.4 Å². The number of hydrogen-bond donors (Lipinski definition) is 2. The van der Waals surface area contributed by atoms with E-state index in [1.807, 2.05) is 55.5 Å². The minimum Gasteiger partial charge on any atom is -0.478 e. The van der Waals surface area contributed by atoms with Gasteiger partial charge in [-0.2, -0.15) is 0 Å². The third kappa shape index (κ3) is 4.52. The van der Waals surface area contributed by atoms with Crippen LogP contribution in [-0.2, 0) is 6.42 Å². The van der Waals surface area contributed by atoms with Gasteiger partial charge < -0.3 is 15.3 Å². The van der Waals surface area contributed by atoms with Crippen molar-refractivity contribution in [2.75, 3.05) is 18.0 Å². The Morgan fingerprint density at radius 2 is 1.80 bits per heavy atom. The Hall–Kier alpha value is -3.70. The number of carbonyl (C=O) groups is 1. The molecule has 0 amide bonds. The molecule has 5 heteroatoms. The summed E-state index contributed by atoms with van der Waals surface area (Å²) in [5.41, 5.74) is 5.44. The zero-order valence-corrected chi connectivity index (χ0v) is 20.0. The van der Waals surface area contributed by atoms with Crippen LogP contribution in [0.1, 0.15) is 40.0 Å². The number of carboxylic acid groups (broad SMARTS) is 1. The lowest BCUT2D eigenvalue weighted by Crippen LogP contribution is -2.38. The van der Waals surface area contributed by atoms with Gasteiger partial charge in [0.25, 0.3) is 0 Å². The van der Waals surface area contributed by atoms with Crippen molar-refractivity contribution in [2.24, 2.45) is 5.92 Å². The number of hydrogen-bond acceptors (Lipinski definition) is 3. The first-order valence-electron chi connectivity index (χ1n) is 12.0. The van der Waals surface area contributed by atoms with Gasteiger partial charge in [-0.3, -0.25) is 0 Å². The molecule has 5 rings (SSSR count). The minimum absolute atomic E-state index is 0.0594. The predicted molar refractivity (Wildman–Crippen MR) is 139 cm³/mol. The molecule has 0 spiro atoms. The third-order valence-corrected chi connectivity index (χ3v) is 7.08. The topological polar surface area (TPSA) is 52.6 Å². The highest BCUT2D eigenvalue weighted by molar-refractivity contribution is 5.91. The van der Waals surface area contributed by atoms with Crippen LogP contribution in [0.25, 0.3) is 10.8 Å². The van der Waals surface area contributed by atoms with E-state index in [1.165, 1.54) is 5.56 Å². The molecule has 0 saturated heterocycles. The molecule has 2 unspecified atom stereocenters. The first-order chi connectivity index (χ1) is 16.9. The number of benzene rings is 4. The molecule has 0 fully saturated rings. The lowest BCUT2D eigenvalue weighted by molar-refractivity contribution is 0.0696. The fraction of sp³-hybridized carbons (Fsp3) is 0.233. The van der Waals surface area contributed by atoms with Crippen LogP contribution in [0.4, 0.5) is 15.8 Å². The molecule has 2 atom stereocenters. The van der Waals surface area contributed by atoms with E-state index >= 15 is 0 Å². The fourth-order valence-electron chi connectivity index (χ4n) is 5.18. The second kappa shape index (κ2) is 9.51. The summed E-state index contributed by atoms with van der Waals surface area (Å²) in [5.74, 6) is -0.781. The number of rotatable bonds is 6. The Morgan fingerprint density at radius 1 is 1.06 bits per heavy atom. The molecule has 2 N–H and O–H groups in total. The molecule has 4 aromatic rings. The van der Waals surface area contributed by atoms with Crippen molar-refractivity contribution < 1.29 is 14.3 Å². The molecule has 1 aliphatic rings. The highest BCUT2D eigenvalue weighted by Gasteiger charge is 2.26. The summed E-state index contributed by atoms with van der Waals surface area (Å²) in [4.78, 5) is 14.0. The molecule has 0 radical (unpaired) electrons. The normalized spacial score (nSPS) is 16.2. The lowest BCUT2D eigenvalue weighted by Gasteiger charge is -2.37. The first kappa shape index (κ1) is 23.1. The van der Waals surface area contributed by atoms with Gasteiger partial charge in [0.15, 0.2) is 0 Å². The number of nitrogens with one attached hydrogen (secondary N) is 1. The molecule has 0 saturated carbocycles. The third-order valence-electron chi connectivity index (χ3n) is 7.08. The molecule has 0 aromatic heterocycles. The zero-order valence-electron chi connectivity index (χ0n) is 20.0. The average Bonchev–Trinajstić information content (AvgIpc) is 2.87. The summed E-state index contributed by atoms with van der Waals surface area (Å²) in [6.45, 7) is 5.51. The van der Waals surface area contributed by atoms with E-state index < -0.39 is 5.97 Å². The standard InChI is InChI=1S/C30H29FN2O2/c1-19-11-12-23(16-27(19)30(34)35)33-18-21(15-22-7-3-6-10-29(22)33)17-32-20(2)24-13-14-28(31)26-9-5-4-8-25(24)26/h3-14,16,20-21,32H,15,17-18H2,1-2H3,(H,34,35). The van der Waals surface area contributed by atoms with E-state index in [-0.39, 0.29) is 11.9 Å². The lowest BCUT2D eigenvalue weighted by atomic mass is 9.91. The van der Waals surface area contributed by atoms with Crippen molar-refractivity contribution in [1.29, 1.82) is 0 Å². The Labute approximate surface area is 205 Å². The van der Waals surface area contributed by atoms with Gasteiger partial charge in [-0.05, 0) is 72.5 Å². The predicted octanol–water partition coefficient (Wildman–Crippen LogP) is 6.65. The number of nitrogens with zero attached hydrogens (tertiary/aromatic N) is 1. The molecule has 178 valence electrons. The van der Waals surface area contributed by atoms with Gasteiger partial charge in [0, 0.05) is 35.9 Å². The van der Waals surface area contributed by atoms with Gasteiger partial charge in [0.2, 0.25) is 0 Å². The van der Waals surface area contributed by atoms with Crippen LogP contribution < -0.4 is 10.2 Å². The van der Waals surface area contributed by atoms with Crippen molar-refractivity contribution in [3.8, 4) is 0 Å². The van der Waals surface area contributed by atoms with Crippen LogP contribution in [0.2, 0.25) is 0 Å². The van der Waals surface area contributed by atoms with Crippen LogP contribution in [0, 0.1) is 18.7 Å². The Morgan fingerprint density at radius 3 is 2.60 bits per heavy atom. The molecule has 4 aromatic carbocycles. The van der Waals surface area contributed by atoms with E-state index in [4.69, 9.17) is 0 Å². The molecular formula is C30H29FN2O2. The van der Waals surface area contributed by atoms with Gasteiger partial charge in [-0.15, -0.1) is 0 Å². The van der Waals surface area contributed by atoms with Crippen LogP contribution >= 0.6 is 0 Å². The van der Waals surface area contributed by atoms with Crippen LogP contribution in [0.3, 0.4) is 0 Å². The first-order valence-corrected chi connectivity index (χ1v) is 12.0. The van der Waals surface area contributed by atoms with E-state index in [1.54, 1.807) is 12.1 Å². The van der Waals surface area contributed by atoms with Crippen molar-refractivity contribution >= 4 is 28.1 Å². The number of para-hydroxylation sites is 1. The Balaban J connectivity index is 1.39. The molecular weight excluding hydrogens is 439 g/mol. The number of anilines is 2. The summed E-state index contributed by atoms with van der Waals surface area (Å²) in [5, 5.41) is 14.9. The number of halogens is 1. The zero-order chi connectivity index (χ0) is 24.5. The van der Waals surface area contributed by atoms with E-state index in [0.29, 0.717) is 16.9 Å². The molecule has 1 aliphatic heterocycles. The van der Waals surface area contributed by atoms with Gasteiger partial charge in [0.05, 0.1) is 5.56 Å². The van der Waals surface area contributed by atoms with E-state index in [9.17, 15) is 14.3 Å². The highest BCUT2D eigenvalue weighted by Crippen LogP contribution is 2.36. The monoisotopic (exact) mass is 468 g/mol.